The van der Waals surface area contributed by atoms with Crippen molar-refractivity contribution in [3.63, 3.8) is 0 Å². The van der Waals surface area contributed by atoms with Crippen LogP contribution < -0.4 is 0 Å². The minimum absolute atomic E-state index is 0.00322. The second-order valence-electron chi connectivity index (χ2n) is 5.11. The molecule has 2 aromatic rings. The third kappa shape index (κ3) is 2.22. The molecule has 0 aliphatic heterocycles. The number of hydrogen-bond donors (Lipinski definition) is 0. The molecule has 0 bridgehead atoms. The average molecular weight is 277 g/mol. The van der Waals surface area contributed by atoms with Gasteiger partial charge in [-0.1, -0.05) is 18.2 Å². The van der Waals surface area contributed by atoms with Crippen LogP contribution in [0.5, 0.6) is 0 Å². The smallest absolute Gasteiger partial charge is 0.0846 e. The normalized spacial score (nSPS) is 16.3. The number of rotatable bonds is 2. The van der Waals surface area contributed by atoms with Crippen LogP contribution in [0.3, 0.4) is 0 Å². The highest BCUT2D eigenvalue weighted by molar-refractivity contribution is 7.08. The fraction of sp³-hybridized carbons (Fsp3) is 0.375. The van der Waals surface area contributed by atoms with Crippen molar-refractivity contribution in [3.8, 4) is 0 Å². The van der Waals surface area contributed by atoms with Crippen LogP contribution in [0.25, 0.3) is 0 Å². The van der Waals surface area contributed by atoms with Crippen LogP contribution in [0.4, 0.5) is 0 Å². The average Bonchev–Trinajstić information content (AvgIpc) is 2.83. The molecule has 1 aromatic heterocycles. The Morgan fingerprint density at radius 1 is 1.11 bits per heavy atom. The fourth-order valence-corrected chi connectivity index (χ4v) is 4.04. The molecule has 1 heterocycles. The van der Waals surface area contributed by atoms with Gasteiger partial charge in [0.1, 0.15) is 0 Å². The van der Waals surface area contributed by atoms with E-state index in [-0.39, 0.29) is 5.38 Å². The number of fused-ring (bicyclic) bond motifs is 1. The van der Waals surface area contributed by atoms with Crippen molar-refractivity contribution in [2.45, 2.75) is 38.0 Å². The zero-order valence-electron chi connectivity index (χ0n) is 10.6. The summed E-state index contributed by atoms with van der Waals surface area (Å²) in [5, 5.41) is 4.35. The van der Waals surface area contributed by atoms with Crippen molar-refractivity contribution in [3.05, 3.63) is 56.8 Å². The Balaban J connectivity index is 1.95. The lowest BCUT2D eigenvalue weighted by atomic mass is 9.89. The third-order valence-corrected chi connectivity index (χ3v) is 5.20. The first-order valence-electron chi connectivity index (χ1n) is 6.54. The lowest BCUT2D eigenvalue weighted by Gasteiger charge is -2.18. The van der Waals surface area contributed by atoms with Gasteiger partial charge in [0.05, 0.1) is 5.38 Å². The highest BCUT2D eigenvalue weighted by Gasteiger charge is 2.16. The molecular formula is C16H17ClS. The fourth-order valence-electron chi connectivity index (χ4n) is 2.72. The highest BCUT2D eigenvalue weighted by Crippen LogP contribution is 2.34. The van der Waals surface area contributed by atoms with E-state index in [1.165, 1.54) is 53.5 Å². The van der Waals surface area contributed by atoms with Crippen molar-refractivity contribution in [2.24, 2.45) is 0 Å². The summed E-state index contributed by atoms with van der Waals surface area (Å²) in [7, 11) is 0. The molecule has 0 saturated carbocycles. The van der Waals surface area contributed by atoms with Crippen LogP contribution in [-0.4, -0.2) is 0 Å². The van der Waals surface area contributed by atoms with Crippen molar-refractivity contribution >= 4 is 22.9 Å². The first kappa shape index (κ1) is 12.3. The topological polar surface area (TPSA) is 0 Å². The second kappa shape index (κ2) is 5.07. The molecule has 94 valence electrons. The van der Waals surface area contributed by atoms with Crippen LogP contribution in [0.15, 0.2) is 29.0 Å². The number of benzene rings is 1. The molecular weight excluding hydrogens is 260 g/mol. The van der Waals surface area contributed by atoms with E-state index in [1.54, 1.807) is 11.3 Å². The van der Waals surface area contributed by atoms with Gasteiger partial charge >= 0.3 is 0 Å². The van der Waals surface area contributed by atoms with Crippen LogP contribution >= 0.6 is 22.9 Å². The van der Waals surface area contributed by atoms with E-state index in [2.05, 4.69) is 35.9 Å². The molecule has 0 amide bonds. The van der Waals surface area contributed by atoms with Crippen LogP contribution in [0.1, 0.15) is 46.0 Å². The number of halogens is 1. The summed E-state index contributed by atoms with van der Waals surface area (Å²) in [4.78, 5) is 0. The van der Waals surface area contributed by atoms with Gasteiger partial charge in [-0.2, -0.15) is 11.3 Å². The molecule has 1 aromatic carbocycles. The zero-order chi connectivity index (χ0) is 12.5. The maximum Gasteiger partial charge on any atom is 0.0846 e. The Hall–Kier alpha value is -0.790. The van der Waals surface area contributed by atoms with E-state index >= 15 is 0 Å². The molecule has 0 fully saturated rings. The Morgan fingerprint density at radius 3 is 2.61 bits per heavy atom. The molecule has 0 spiro atoms. The summed E-state index contributed by atoms with van der Waals surface area (Å²) >= 11 is 8.36. The summed E-state index contributed by atoms with van der Waals surface area (Å²) in [6.45, 7) is 2.14. The van der Waals surface area contributed by atoms with Gasteiger partial charge in [0.15, 0.2) is 0 Å². The van der Waals surface area contributed by atoms with Gasteiger partial charge < -0.3 is 0 Å². The minimum atomic E-state index is 0.00322. The largest absolute Gasteiger partial charge is 0.152 e. The van der Waals surface area contributed by atoms with E-state index < -0.39 is 0 Å². The summed E-state index contributed by atoms with van der Waals surface area (Å²) in [6.07, 6.45) is 5.11. The quantitative estimate of drug-likeness (QED) is 0.656. The van der Waals surface area contributed by atoms with E-state index in [4.69, 9.17) is 11.6 Å². The summed E-state index contributed by atoms with van der Waals surface area (Å²) < 4.78 is 0. The lowest BCUT2D eigenvalue weighted by molar-refractivity contribution is 0.684. The molecule has 1 aliphatic carbocycles. The maximum absolute atomic E-state index is 6.63. The summed E-state index contributed by atoms with van der Waals surface area (Å²) in [6, 6.07) is 6.81. The molecule has 1 unspecified atom stereocenters. The van der Waals surface area contributed by atoms with Crippen LogP contribution in [-0.2, 0) is 12.8 Å². The van der Waals surface area contributed by atoms with Crippen LogP contribution in [0, 0.1) is 6.92 Å². The Bertz CT molecular complexity index is 556. The van der Waals surface area contributed by atoms with Gasteiger partial charge in [-0.15, -0.1) is 11.6 Å². The van der Waals surface area contributed by atoms with Crippen molar-refractivity contribution < 1.29 is 0 Å². The molecule has 3 rings (SSSR count). The number of hydrogen-bond acceptors (Lipinski definition) is 1. The Morgan fingerprint density at radius 2 is 1.89 bits per heavy atom. The second-order valence-corrected chi connectivity index (χ2v) is 6.29. The lowest BCUT2D eigenvalue weighted by Crippen LogP contribution is -2.04. The predicted octanol–water partition coefficient (Wildman–Crippen LogP) is 5.26. The molecule has 1 atom stereocenters. The highest BCUT2D eigenvalue weighted by atomic mass is 35.5. The first-order chi connectivity index (χ1) is 8.75. The van der Waals surface area contributed by atoms with Crippen molar-refractivity contribution in [1.82, 2.24) is 0 Å². The molecule has 0 N–H and O–H groups in total. The zero-order valence-corrected chi connectivity index (χ0v) is 12.2. The molecule has 0 nitrogen and oxygen atoms in total. The summed E-state index contributed by atoms with van der Waals surface area (Å²) in [5.41, 5.74) is 6.85. The first-order valence-corrected chi connectivity index (χ1v) is 7.92. The minimum Gasteiger partial charge on any atom is -0.152 e. The van der Waals surface area contributed by atoms with E-state index in [1.807, 2.05) is 0 Å². The maximum atomic E-state index is 6.63. The monoisotopic (exact) mass is 276 g/mol. The molecule has 1 aliphatic rings. The van der Waals surface area contributed by atoms with Gasteiger partial charge in [-0.3, -0.25) is 0 Å². The molecule has 0 radical (unpaired) electrons. The standard InChI is InChI=1S/C16H17ClS/c1-11-9-18-10-15(11)16(17)14-7-6-12-4-2-3-5-13(12)8-14/h6-10,16H,2-5H2,1H3. The van der Waals surface area contributed by atoms with E-state index in [0.717, 1.165) is 0 Å². The van der Waals surface area contributed by atoms with Gasteiger partial charge in [0.25, 0.3) is 0 Å². The van der Waals surface area contributed by atoms with E-state index in [9.17, 15) is 0 Å². The van der Waals surface area contributed by atoms with Gasteiger partial charge in [0, 0.05) is 0 Å². The summed E-state index contributed by atoms with van der Waals surface area (Å²) in [5.74, 6) is 0. The molecule has 18 heavy (non-hydrogen) atoms. The SMILES string of the molecule is Cc1cscc1C(Cl)c1ccc2c(c1)CCCC2. The molecule has 0 saturated heterocycles. The number of thiophene rings is 1. The molecule has 2 heteroatoms. The number of aryl methyl sites for hydroxylation is 3. The van der Waals surface area contributed by atoms with Crippen molar-refractivity contribution in [2.75, 3.05) is 0 Å². The van der Waals surface area contributed by atoms with Gasteiger partial charge in [-0.25, -0.2) is 0 Å². The van der Waals surface area contributed by atoms with Gasteiger partial charge in [-0.05, 0) is 71.2 Å². The third-order valence-electron chi connectivity index (χ3n) is 3.83. The van der Waals surface area contributed by atoms with E-state index in [0.29, 0.717) is 0 Å². The van der Waals surface area contributed by atoms with Gasteiger partial charge in [0.2, 0.25) is 0 Å². The number of alkyl halides is 1. The van der Waals surface area contributed by atoms with Crippen molar-refractivity contribution in [1.29, 1.82) is 0 Å². The Labute approximate surface area is 118 Å². The Kier molecular flexibility index (Phi) is 3.45. The van der Waals surface area contributed by atoms with Crippen LogP contribution in [0.2, 0.25) is 0 Å². The predicted molar refractivity (Wildman–Crippen MR) is 79.8 cm³/mol.